The molecule has 3 rings (SSSR count). The Morgan fingerprint density at radius 1 is 1.29 bits per heavy atom. The maximum absolute atomic E-state index is 13.0. The number of carbonyl (C=O) groups excluding carboxylic acids is 1. The average Bonchev–Trinajstić information content (AvgIpc) is 3.03. The van der Waals surface area contributed by atoms with E-state index in [0.717, 1.165) is 5.56 Å². The van der Waals surface area contributed by atoms with Crippen LogP contribution in [0.5, 0.6) is 11.5 Å². The van der Waals surface area contributed by atoms with Gasteiger partial charge >= 0.3 is 0 Å². The summed E-state index contributed by atoms with van der Waals surface area (Å²) in [7, 11) is 1.54. The van der Waals surface area contributed by atoms with Crippen molar-refractivity contribution in [1.82, 2.24) is 4.90 Å². The van der Waals surface area contributed by atoms with Gasteiger partial charge in [0.1, 0.15) is 5.56 Å². The molecule has 0 aliphatic carbocycles. The van der Waals surface area contributed by atoms with E-state index in [1.54, 1.807) is 36.3 Å². The molecule has 0 fully saturated rings. The first-order valence-corrected chi connectivity index (χ1v) is 9.00. The molecule has 1 aliphatic heterocycles. The molecule has 0 saturated heterocycles. The number of ether oxygens (including phenoxy) is 2. The van der Waals surface area contributed by atoms with Crippen molar-refractivity contribution in [2.24, 2.45) is 0 Å². The van der Waals surface area contributed by atoms with Gasteiger partial charge in [-0.2, -0.15) is 0 Å². The summed E-state index contributed by atoms with van der Waals surface area (Å²) in [4.78, 5) is 25.4. The number of amides is 1. The van der Waals surface area contributed by atoms with Crippen LogP contribution in [0.3, 0.4) is 0 Å². The third-order valence-electron chi connectivity index (χ3n) is 4.79. The number of hydrogen-bond donors (Lipinski definition) is 1. The second kappa shape index (κ2) is 8.26. The van der Waals surface area contributed by atoms with Crippen LogP contribution in [-0.4, -0.2) is 41.2 Å². The van der Waals surface area contributed by atoms with Gasteiger partial charge in [0.25, 0.3) is 11.6 Å². The number of aliphatic hydroxyl groups is 1. The molecule has 1 amide bonds. The summed E-state index contributed by atoms with van der Waals surface area (Å²) >= 11 is 0. The third-order valence-corrected chi connectivity index (χ3v) is 4.79. The molecule has 2 aromatic rings. The summed E-state index contributed by atoms with van der Waals surface area (Å²) < 4.78 is 10.9. The van der Waals surface area contributed by atoms with Crippen molar-refractivity contribution >= 4 is 11.6 Å². The van der Waals surface area contributed by atoms with Crippen LogP contribution in [0.1, 0.15) is 40.9 Å². The minimum Gasteiger partial charge on any atom is -0.493 e. The Morgan fingerprint density at radius 3 is 2.71 bits per heavy atom. The molecule has 0 radical (unpaired) electrons. The number of nitro groups is 1. The van der Waals surface area contributed by atoms with Gasteiger partial charge in [-0.3, -0.25) is 14.9 Å². The molecular weight excluding hydrogens is 364 g/mol. The molecule has 28 heavy (non-hydrogen) atoms. The van der Waals surface area contributed by atoms with Gasteiger partial charge in [0.2, 0.25) is 0 Å². The molecule has 1 aliphatic rings. The number of benzene rings is 2. The highest BCUT2D eigenvalue weighted by atomic mass is 16.6. The number of rotatable bonds is 8. The Labute approximate surface area is 162 Å². The van der Waals surface area contributed by atoms with Gasteiger partial charge in [-0.05, 0) is 36.6 Å². The van der Waals surface area contributed by atoms with E-state index in [4.69, 9.17) is 9.47 Å². The predicted molar refractivity (Wildman–Crippen MR) is 102 cm³/mol. The molecule has 2 aromatic carbocycles. The van der Waals surface area contributed by atoms with Gasteiger partial charge in [0.05, 0.1) is 24.7 Å². The molecule has 1 atom stereocenters. The van der Waals surface area contributed by atoms with E-state index < -0.39 is 16.9 Å². The van der Waals surface area contributed by atoms with Crippen molar-refractivity contribution < 1.29 is 24.3 Å². The topological polar surface area (TPSA) is 102 Å². The number of hydrogen-bond acceptors (Lipinski definition) is 6. The number of carbonyl (C=O) groups is 1. The first-order valence-electron chi connectivity index (χ1n) is 9.00. The lowest BCUT2D eigenvalue weighted by molar-refractivity contribution is -0.385. The lowest BCUT2D eigenvalue weighted by Gasteiger charge is -2.28. The fraction of sp³-hybridized carbons (Fsp3) is 0.350. The van der Waals surface area contributed by atoms with Crippen LogP contribution >= 0.6 is 0 Å². The van der Waals surface area contributed by atoms with Crippen molar-refractivity contribution in [2.75, 3.05) is 20.3 Å². The molecule has 0 spiro atoms. The molecule has 8 heteroatoms. The van der Waals surface area contributed by atoms with Crippen molar-refractivity contribution in [2.45, 2.75) is 25.9 Å². The molecule has 1 heterocycles. The summed E-state index contributed by atoms with van der Waals surface area (Å²) in [6.07, 6.45) is 0.297. The average molecular weight is 386 g/mol. The largest absolute Gasteiger partial charge is 0.493 e. The Hall–Kier alpha value is -3.13. The van der Waals surface area contributed by atoms with Gasteiger partial charge in [0, 0.05) is 19.2 Å². The van der Waals surface area contributed by atoms with Crippen LogP contribution < -0.4 is 9.47 Å². The molecule has 0 bridgehead atoms. The standard InChI is InChI=1S/C20H22N2O6/c1-3-28-18-11-13(7-8-17(18)27-2)15(9-10-23)21-12-14-5-4-6-16(22(25)26)19(14)20(21)24/h4-8,11,15,23H,3,9-10,12H2,1-2H3/t15-/m1/s1. The summed E-state index contributed by atoms with van der Waals surface area (Å²) in [6, 6.07) is 9.53. The van der Waals surface area contributed by atoms with E-state index in [0.29, 0.717) is 30.1 Å². The van der Waals surface area contributed by atoms with E-state index in [9.17, 15) is 20.0 Å². The summed E-state index contributed by atoms with van der Waals surface area (Å²) in [5.74, 6) is 0.704. The molecule has 1 N–H and O–H groups in total. The number of methoxy groups -OCH3 is 1. The smallest absolute Gasteiger partial charge is 0.282 e. The fourth-order valence-electron chi connectivity index (χ4n) is 3.56. The summed E-state index contributed by atoms with van der Waals surface area (Å²) in [5.41, 5.74) is 1.30. The molecule has 8 nitrogen and oxygen atoms in total. The van der Waals surface area contributed by atoms with Crippen LogP contribution in [0.2, 0.25) is 0 Å². The molecule has 0 saturated carbocycles. The second-order valence-corrected chi connectivity index (χ2v) is 6.37. The third kappa shape index (κ3) is 3.50. The lowest BCUT2D eigenvalue weighted by Crippen LogP contribution is -2.30. The van der Waals surface area contributed by atoms with Crippen LogP contribution in [0.25, 0.3) is 0 Å². The van der Waals surface area contributed by atoms with E-state index in [2.05, 4.69) is 0 Å². The highest BCUT2D eigenvalue weighted by Crippen LogP contribution is 2.39. The minimum atomic E-state index is -0.540. The zero-order valence-electron chi connectivity index (χ0n) is 15.8. The van der Waals surface area contributed by atoms with Gasteiger partial charge in [-0.1, -0.05) is 18.2 Å². The minimum absolute atomic E-state index is 0.119. The quantitative estimate of drug-likeness (QED) is 0.552. The molecule has 148 valence electrons. The van der Waals surface area contributed by atoms with Gasteiger partial charge in [0.15, 0.2) is 11.5 Å². The molecule has 0 unspecified atom stereocenters. The number of nitro benzene ring substituents is 1. The van der Waals surface area contributed by atoms with Crippen molar-refractivity contribution in [3.05, 3.63) is 63.2 Å². The van der Waals surface area contributed by atoms with Crippen molar-refractivity contribution in [1.29, 1.82) is 0 Å². The highest BCUT2D eigenvalue weighted by molar-refractivity contribution is 6.02. The number of nitrogens with zero attached hydrogens (tertiary/aromatic N) is 2. The first kappa shape index (κ1) is 19.6. The second-order valence-electron chi connectivity index (χ2n) is 6.37. The Balaban J connectivity index is 2.00. The predicted octanol–water partition coefficient (Wildman–Crippen LogP) is 3.08. The van der Waals surface area contributed by atoms with Crippen LogP contribution in [-0.2, 0) is 6.54 Å². The van der Waals surface area contributed by atoms with Gasteiger partial charge in [-0.25, -0.2) is 0 Å². The maximum atomic E-state index is 13.0. The van der Waals surface area contributed by atoms with Crippen LogP contribution in [0, 0.1) is 10.1 Å². The SMILES string of the molecule is CCOc1cc([C@@H](CCO)N2Cc3cccc([N+](=O)[O-])c3C2=O)ccc1OC. The zero-order valence-corrected chi connectivity index (χ0v) is 15.8. The monoisotopic (exact) mass is 386 g/mol. The Morgan fingerprint density at radius 2 is 2.07 bits per heavy atom. The van der Waals surface area contributed by atoms with Crippen molar-refractivity contribution in [3.63, 3.8) is 0 Å². The van der Waals surface area contributed by atoms with E-state index in [1.165, 1.54) is 6.07 Å². The van der Waals surface area contributed by atoms with E-state index in [1.807, 2.05) is 13.0 Å². The van der Waals surface area contributed by atoms with Crippen LogP contribution in [0.4, 0.5) is 5.69 Å². The first-order chi connectivity index (χ1) is 13.5. The number of aliphatic hydroxyl groups excluding tert-OH is 1. The van der Waals surface area contributed by atoms with Gasteiger partial charge < -0.3 is 19.5 Å². The maximum Gasteiger partial charge on any atom is 0.282 e. The Bertz CT molecular complexity index is 898. The van der Waals surface area contributed by atoms with Crippen molar-refractivity contribution in [3.8, 4) is 11.5 Å². The van der Waals surface area contributed by atoms with E-state index in [-0.39, 0.29) is 24.4 Å². The molecular formula is C20H22N2O6. The normalized spacial score (nSPS) is 14.0. The summed E-state index contributed by atoms with van der Waals surface area (Å²) in [5, 5.41) is 20.9. The van der Waals surface area contributed by atoms with Crippen LogP contribution in [0.15, 0.2) is 36.4 Å². The highest BCUT2D eigenvalue weighted by Gasteiger charge is 2.38. The summed E-state index contributed by atoms with van der Waals surface area (Å²) in [6.45, 7) is 2.42. The lowest BCUT2D eigenvalue weighted by atomic mass is 10.0. The molecule has 0 aromatic heterocycles. The van der Waals surface area contributed by atoms with Gasteiger partial charge in [-0.15, -0.1) is 0 Å². The zero-order chi connectivity index (χ0) is 20.3. The number of fused-ring (bicyclic) bond motifs is 1. The Kier molecular flexibility index (Phi) is 5.79. The van der Waals surface area contributed by atoms with E-state index >= 15 is 0 Å². The fourth-order valence-corrected chi connectivity index (χ4v) is 3.56.